The standard InChI is InChI=1S/C29H27NO5/c1-35-24-14-12-23(13-15-24)26(32)19-29(18-25(31)22-10-6-3-7-11-22)27(33)16-17-30(28(29)34)20-21-8-4-2-5-9-21/h2-15H,16-20H2,1H3. The van der Waals surface area contributed by atoms with E-state index in [1.807, 2.05) is 30.3 Å². The number of methoxy groups -OCH3 is 1. The number of rotatable bonds is 9. The minimum absolute atomic E-state index is 0.0938. The normalized spacial score (nSPS) is 17.8. The van der Waals surface area contributed by atoms with Crippen LogP contribution in [0.15, 0.2) is 84.9 Å². The summed E-state index contributed by atoms with van der Waals surface area (Å²) in [6.45, 7) is 0.565. The van der Waals surface area contributed by atoms with Gasteiger partial charge in [-0.15, -0.1) is 0 Å². The highest BCUT2D eigenvalue weighted by Gasteiger charge is 2.52. The van der Waals surface area contributed by atoms with Crippen LogP contribution in [-0.4, -0.2) is 41.8 Å². The Morgan fingerprint density at radius 1 is 0.800 bits per heavy atom. The molecule has 1 heterocycles. The number of hydrogen-bond donors (Lipinski definition) is 0. The van der Waals surface area contributed by atoms with Crippen molar-refractivity contribution in [3.8, 4) is 5.75 Å². The molecule has 1 atom stereocenters. The van der Waals surface area contributed by atoms with Gasteiger partial charge >= 0.3 is 0 Å². The van der Waals surface area contributed by atoms with Gasteiger partial charge < -0.3 is 9.64 Å². The number of piperidine rings is 1. The Hall–Kier alpha value is -4.06. The molecule has 3 aromatic rings. The van der Waals surface area contributed by atoms with Gasteiger partial charge in [-0.3, -0.25) is 19.2 Å². The van der Waals surface area contributed by atoms with Gasteiger partial charge in [0.15, 0.2) is 17.3 Å². The third-order valence-electron chi connectivity index (χ3n) is 6.49. The molecule has 0 saturated carbocycles. The van der Waals surface area contributed by atoms with Crippen LogP contribution in [0.5, 0.6) is 5.75 Å². The summed E-state index contributed by atoms with van der Waals surface area (Å²) < 4.78 is 5.15. The van der Waals surface area contributed by atoms with Gasteiger partial charge in [-0.1, -0.05) is 60.7 Å². The predicted octanol–water partition coefficient (Wildman–Crippen LogP) is 4.53. The summed E-state index contributed by atoms with van der Waals surface area (Å²) in [4.78, 5) is 55.4. The average Bonchev–Trinajstić information content (AvgIpc) is 2.90. The zero-order valence-electron chi connectivity index (χ0n) is 19.6. The van der Waals surface area contributed by atoms with Crippen molar-refractivity contribution < 1.29 is 23.9 Å². The molecule has 6 heteroatoms. The number of benzene rings is 3. The molecule has 4 rings (SSSR count). The van der Waals surface area contributed by atoms with Crippen molar-refractivity contribution in [2.45, 2.75) is 25.8 Å². The fourth-order valence-electron chi connectivity index (χ4n) is 4.52. The molecule has 1 fully saturated rings. The first kappa shape index (κ1) is 24.1. The van der Waals surface area contributed by atoms with Crippen molar-refractivity contribution in [2.24, 2.45) is 5.41 Å². The molecule has 0 N–H and O–H groups in total. The molecule has 1 unspecified atom stereocenters. The van der Waals surface area contributed by atoms with Gasteiger partial charge in [0.2, 0.25) is 5.91 Å². The first-order valence-corrected chi connectivity index (χ1v) is 11.5. The molecule has 1 saturated heterocycles. The third-order valence-corrected chi connectivity index (χ3v) is 6.49. The van der Waals surface area contributed by atoms with Gasteiger partial charge in [0.1, 0.15) is 11.2 Å². The van der Waals surface area contributed by atoms with Crippen molar-refractivity contribution in [1.82, 2.24) is 4.90 Å². The fourth-order valence-corrected chi connectivity index (χ4v) is 4.52. The lowest BCUT2D eigenvalue weighted by Crippen LogP contribution is -2.55. The highest BCUT2D eigenvalue weighted by molar-refractivity contribution is 6.16. The van der Waals surface area contributed by atoms with E-state index in [0.29, 0.717) is 23.4 Å². The van der Waals surface area contributed by atoms with Crippen molar-refractivity contribution in [3.05, 3.63) is 102 Å². The zero-order valence-corrected chi connectivity index (χ0v) is 19.6. The summed E-state index contributed by atoms with van der Waals surface area (Å²) in [6, 6.07) is 24.5. The number of Topliss-reactive ketones (excluding diaryl/α,β-unsaturated/α-hetero) is 3. The summed E-state index contributed by atoms with van der Waals surface area (Å²) in [5, 5.41) is 0. The lowest BCUT2D eigenvalue weighted by Gasteiger charge is -2.40. The molecule has 3 aromatic carbocycles. The van der Waals surface area contributed by atoms with Crippen LogP contribution in [0.1, 0.15) is 45.5 Å². The van der Waals surface area contributed by atoms with E-state index in [4.69, 9.17) is 4.74 Å². The second-order valence-electron chi connectivity index (χ2n) is 8.76. The number of carbonyl (C=O) groups excluding carboxylic acids is 4. The monoisotopic (exact) mass is 469 g/mol. The van der Waals surface area contributed by atoms with Crippen LogP contribution in [0.3, 0.4) is 0 Å². The molecule has 1 amide bonds. The molecule has 1 aliphatic heterocycles. The molecular weight excluding hydrogens is 442 g/mol. The minimum Gasteiger partial charge on any atom is -0.497 e. The Bertz CT molecular complexity index is 1220. The van der Waals surface area contributed by atoms with Gasteiger partial charge in [-0.2, -0.15) is 0 Å². The molecule has 0 aliphatic carbocycles. The molecule has 0 bridgehead atoms. The first-order chi connectivity index (χ1) is 16.9. The Balaban J connectivity index is 1.68. The van der Waals surface area contributed by atoms with E-state index < -0.39 is 11.3 Å². The number of carbonyl (C=O) groups is 4. The number of hydrogen-bond acceptors (Lipinski definition) is 5. The fraction of sp³-hybridized carbons (Fsp3) is 0.241. The number of ketones is 3. The molecule has 1 aliphatic rings. The van der Waals surface area contributed by atoms with Crippen molar-refractivity contribution in [3.63, 3.8) is 0 Å². The van der Waals surface area contributed by atoms with Gasteiger partial charge in [-0.05, 0) is 29.8 Å². The van der Waals surface area contributed by atoms with E-state index in [1.54, 1.807) is 59.5 Å². The second-order valence-corrected chi connectivity index (χ2v) is 8.76. The van der Waals surface area contributed by atoms with E-state index in [1.165, 1.54) is 7.11 Å². The molecule has 0 spiro atoms. The summed E-state index contributed by atoms with van der Waals surface area (Å²) in [5.41, 5.74) is -0.0561. The first-order valence-electron chi connectivity index (χ1n) is 11.5. The van der Waals surface area contributed by atoms with E-state index in [9.17, 15) is 19.2 Å². The van der Waals surface area contributed by atoms with E-state index in [0.717, 1.165) is 5.56 Å². The molecule has 35 heavy (non-hydrogen) atoms. The summed E-state index contributed by atoms with van der Waals surface area (Å²) >= 11 is 0. The van der Waals surface area contributed by atoms with Gasteiger partial charge in [0.05, 0.1) is 7.11 Å². The van der Waals surface area contributed by atoms with Crippen LogP contribution in [-0.2, 0) is 16.1 Å². The zero-order chi connectivity index (χ0) is 24.8. The summed E-state index contributed by atoms with van der Waals surface area (Å²) in [6.07, 6.45) is -0.612. The van der Waals surface area contributed by atoms with Crippen LogP contribution in [0.25, 0.3) is 0 Å². The topological polar surface area (TPSA) is 80.8 Å². The van der Waals surface area contributed by atoms with Crippen LogP contribution in [0, 0.1) is 5.41 Å². The van der Waals surface area contributed by atoms with E-state index in [2.05, 4.69) is 0 Å². The molecule has 0 radical (unpaired) electrons. The van der Waals surface area contributed by atoms with Crippen LogP contribution in [0.2, 0.25) is 0 Å². The Morgan fingerprint density at radius 2 is 1.34 bits per heavy atom. The van der Waals surface area contributed by atoms with Crippen molar-refractivity contribution in [2.75, 3.05) is 13.7 Å². The number of ether oxygens (including phenoxy) is 1. The Morgan fingerprint density at radius 3 is 1.91 bits per heavy atom. The number of amides is 1. The maximum Gasteiger partial charge on any atom is 0.237 e. The lowest BCUT2D eigenvalue weighted by atomic mass is 9.69. The summed E-state index contributed by atoms with van der Waals surface area (Å²) in [5.74, 6) is -0.941. The number of likely N-dealkylation sites (tertiary alicyclic amines) is 1. The van der Waals surface area contributed by atoms with Gasteiger partial charge in [0.25, 0.3) is 0 Å². The minimum atomic E-state index is -1.74. The lowest BCUT2D eigenvalue weighted by molar-refractivity contribution is -0.155. The van der Waals surface area contributed by atoms with E-state index >= 15 is 0 Å². The van der Waals surface area contributed by atoms with Crippen molar-refractivity contribution >= 4 is 23.3 Å². The SMILES string of the molecule is COc1ccc(C(=O)CC2(CC(=O)c3ccccc3)C(=O)CCN(Cc3ccccc3)C2=O)cc1. The average molecular weight is 470 g/mol. The van der Waals surface area contributed by atoms with Gasteiger partial charge in [-0.25, -0.2) is 0 Å². The smallest absolute Gasteiger partial charge is 0.237 e. The quantitative estimate of drug-likeness (QED) is 0.340. The molecular formula is C29H27NO5. The van der Waals surface area contributed by atoms with Crippen molar-refractivity contribution in [1.29, 1.82) is 0 Å². The second kappa shape index (κ2) is 10.5. The van der Waals surface area contributed by atoms with Crippen LogP contribution >= 0.6 is 0 Å². The molecule has 178 valence electrons. The Kier molecular flexibility index (Phi) is 7.20. The van der Waals surface area contributed by atoms with Crippen LogP contribution in [0.4, 0.5) is 0 Å². The highest BCUT2D eigenvalue weighted by Crippen LogP contribution is 2.38. The Labute approximate surface area is 204 Å². The maximum absolute atomic E-state index is 13.9. The van der Waals surface area contributed by atoms with Gasteiger partial charge in [0, 0.05) is 43.5 Å². The van der Waals surface area contributed by atoms with Crippen LogP contribution < -0.4 is 4.74 Å². The largest absolute Gasteiger partial charge is 0.497 e. The predicted molar refractivity (Wildman–Crippen MR) is 131 cm³/mol. The number of nitrogens with zero attached hydrogens (tertiary/aromatic N) is 1. The molecule has 0 aromatic heterocycles. The highest BCUT2D eigenvalue weighted by atomic mass is 16.5. The summed E-state index contributed by atoms with van der Waals surface area (Å²) in [7, 11) is 1.53. The molecule has 6 nitrogen and oxygen atoms in total. The third kappa shape index (κ3) is 5.22. The maximum atomic E-state index is 13.9. The van der Waals surface area contributed by atoms with E-state index in [-0.39, 0.29) is 43.2 Å².